The van der Waals surface area contributed by atoms with E-state index in [4.69, 9.17) is 21.4 Å². The molecule has 0 radical (unpaired) electrons. The number of pyridine rings is 1. The first-order valence-electron chi connectivity index (χ1n) is 3.12. The summed E-state index contributed by atoms with van der Waals surface area (Å²) in [6.07, 6.45) is 1.35. The van der Waals surface area contributed by atoms with Gasteiger partial charge in [0.05, 0.1) is 5.56 Å². The molecule has 0 aliphatic heterocycles. The second-order valence-electron chi connectivity index (χ2n) is 1.94. The monoisotopic (exact) mass is 187 g/mol. The molecule has 1 heterocycles. The van der Waals surface area contributed by atoms with Crippen LogP contribution in [-0.2, 0) is 0 Å². The maximum Gasteiger partial charge on any atom is 0.335 e. The van der Waals surface area contributed by atoms with E-state index in [0.717, 1.165) is 0 Å². The van der Waals surface area contributed by atoms with Crippen LogP contribution in [0.15, 0.2) is 18.3 Å². The molecule has 12 heavy (non-hydrogen) atoms. The number of aromatic nitrogens is 1. The maximum absolute atomic E-state index is 10.4. The summed E-state index contributed by atoms with van der Waals surface area (Å²) in [5, 5.41) is 8.56. The van der Waals surface area contributed by atoms with Crippen LogP contribution in [0.1, 0.15) is 10.4 Å². The first-order valence-corrected chi connectivity index (χ1v) is 3.65. The average molecular weight is 188 g/mol. The molecule has 0 fully saturated rings. The van der Waals surface area contributed by atoms with Crippen LogP contribution in [0.5, 0.6) is 5.88 Å². The summed E-state index contributed by atoms with van der Waals surface area (Å²) >= 11 is 5.26. The Kier molecular flexibility index (Phi) is 2.88. The van der Waals surface area contributed by atoms with Gasteiger partial charge in [-0.3, -0.25) is 0 Å². The molecule has 5 heteroatoms. The SMILES string of the molecule is O=C(O)c1ccnc(OCCl)c1. The number of alkyl halides is 1. The molecule has 0 aliphatic carbocycles. The van der Waals surface area contributed by atoms with Crippen LogP contribution in [0.4, 0.5) is 0 Å². The molecule has 0 bridgehead atoms. The zero-order valence-corrected chi connectivity index (χ0v) is 6.78. The normalized spacial score (nSPS) is 9.42. The Balaban J connectivity index is 2.88. The Bertz CT molecular complexity index is 290. The summed E-state index contributed by atoms with van der Waals surface area (Å²) in [7, 11) is 0. The number of carbonyl (C=O) groups is 1. The van der Waals surface area contributed by atoms with Gasteiger partial charge in [0.1, 0.15) is 0 Å². The van der Waals surface area contributed by atoms with E-state index in [0.29, 0.717) is 0 Å². The number of aromatic carboxylic acids is 1. The van der Waals surface area contributed by atoms with E-state index in [1.807, 2.05) is 0 Å². The van der Waals surface area contributed by atoms with Gasteiger partial charge in [0.2, 0.25) is 5.88 Å². The van der Waals surface area contributed by atoms with Crippen LogP contribution in [0.25, 0.3) is 0 Å². The second-order valence-corrected chi connectivity index (χ2v) is 2.16. The zero-order valence-electron chi connectivity index (χ0n) is 6.03. The summed E-state index contributed by atoms with van der Waals surface area (Å²) in [6, 6.07) is 2.64. The Hall–Kier alpha value is -1.29. The van der Waals surface area contributed by atoms with Crippen molar-refractivity contribution >= 4 is 17.6 Å². The molecule has 0 aliphatic rings. The van der Waals surface area contributed by atoms with Gasteiger partial charge < -0.3 is 9.84 Å². The van der Waals surface area contributed by atoms with Gasteiger partial charge in [0.15, 0.2) is 6.07 Å². The Morgan fingerprint density at radius 2 is 2.50 bits per heavy atom. The fraction of sp³-hybridized carbons (Fsp3) is 0.143. The first-order chi connectivity index (χ1) is 5.74. The third kappa shape index (κ3) is 2.10. The summed E-state index contributed by atoms with van der Waals surface area (Å²) in [4.78, 5) is 14.2. The Morgan fingerprint density at radius 3 is 3.08 bits per heavy atom. The number of ether oxygens (including phenoxy) is 1. The number of hydrogen-bond donors (Lipinski definition) is 1. The Labute approximate surface area is 73.8 Å². The van der Waals surface area contributed by atoms with Crippen molar-refractivity contribution in [2.24, 2.45) is 0 Å². The molecule has 0 atom stereocenters. The summed E-state index contributed by atoms with van der Waals surface area (Å²) in [5.41, 5.74) is 0.130. The molecule has 0 amide bonds. The van der Waals surface area contributed by atoms with E-state index in [1.54, 1.807) is 0 Å². The first kappa shape index (κ1) is 8.80. The Morgan fingerprint density at radius 1 is 1.75 bits per heavy atom. The van der Waals surface area contributed by atoms with E-state index in [2.05, 4.69) is 4.98 Å². The van der Waals surface area contributed by atoms with Crippen LogP contribution in [-0.4, -0.2) is 22.1 Å². The molecular formula is C7H6ClNO3. The minimum atomic E-state index is -1.02. The molecule has 4 nitrogen and oxygen atoms in total. The van der Waals surface area contributed by atoms with Crippen LogP contribution >= 0.6 is 11.6 Å². The quantitative estimate of drug-likeness (QED) is 0.726. The van der Waals surface area contributed by atoms with Crippen molar-refractivity contribution in [2.45, 2.75) is 0 Å². The van der Waals surface area contributed by atoms with Crippen LogP contribution < -0.4 is 4.74 Å². The third-order valence-corrected chi connectivity index (χ3v) is 1.29. The predicted octanol–water partition coefficient (Wildman–Crippen LogP) is 1.35. The zero-order chi connectivity index (χ0) is 8.97. The summed E-state index contributed by atoms with van der Waals surface area (Å²) in [5.74, 6) is -0.804. The van der Waals surface area contributed by atoms with Crippen LogP contribution in [0.2, 0.25) is 0 Å². The number of halogens is 1. The summed E-state index contributed by atoms with van der Waals surface area (Å²) in [6.45, 7) is 0. The van der Waals surface area contributed by atoms with E-state index in [9.17, 15) is 4.79 Å². The lowest BCUT2D eigenvalue weighted by Crippen LogP contribution is -1.98. The lowest BCUT2D eigenvalue weighted by atomic mass is 10.3. The van der Waals surface area contributed by atoms with Gasteiger partial charge in [-0.1, -0.05) is 11.6 Å². The molecular weight excluding hydrogens is 182 g/mol. The van der Waals surface area contributed by atoms with Crippen molar-refractivity contribution in [1.82, 2.24) is 4.98 Å². The van der Waals surface area contributed by atoms with Crippen molar-refractivity contribution in [3.05, 3.63) is 23.9 Å². The molecule has 0 spiro atoms. The van der Waals surface area contributed by atoms with Crippen LogP contribution in [0, 0.1) is 0 Å². The number of rotatable bonds is 3. The van der Waals surface area contributed by atoms with Crippen molar-refractivity contribution in [1.29, 1.82) is 0 Å². The van der Waals surface area contributed by atoms with E-state index in [-0.39, 0.29) is 17.5 Å². The molecule has 1 aromatic rings. The average Bonchev–Trinajstić information content (AvgIpc) is 2.05. The van der Waals surface area contributed by atoms with Crippen molar-refractivity contribution in [3.8, 4) is 5.88 Å². The smallest absolute Gasteiger partial charge is 0.335 e. The molecule has 0 saturated heterocycles. The number of carboxylic acid groups (broad SMARTS) is 1. The minimum absolute atomic E-state index is 0.0456. The molecule has 1 rings (SSSR count). The third-order valence-electron chi connectivity index (χ3n) is 1.18. The topological polar surface area (TPSA) is 59.4 Å². The highest BCUT2D eigenvalue weighted by molar-refractivity contribution is 6.17. The fourth-order valence-electron chi connectivity index (χ4n) is 0.677. The van der Waals surface area contributed by atoms with E-state index >= 15 is 0 Å². The molecule has 0 unspecified atom stereocenters. The lowest BCUT2D eigenvalue weighted by molar-refractivity contribution is 0.0696. The predicted molar refractivity (Wildman–Crippen MR) is 42.5 cm³/mol. The number of nitrogens with zero attached hydrogens (tertiary/aromatic N) is 1. The number of carboxylic acids is 1. The second kappa shape index (κ2) is 3.92. The van der Waals surface area contributed by atoms with Gasteiger partial charge in [-0.05, 0) is 6.07 Å². The highest BCUT2D eigenvalue weighted by Gasteiger charge is 2.03. The number of hydrogen-bond acceptors (Lipinski definition) is 3. The lowest BCUT2D eigenvalue weighted by Gasteiger charge is -2.00. The molecule has 64 valence electrons. The van der Waals surface area contributed by atoms with Crippen molar-refractivity contribution in [2.75, 3.05) is 6.07 Å². The van der Waals surface area contributed by atoms with Crippen LogP contribution in [0.3, 0.4) is 0 Å². The van der Waals surface area contributed by atoms with Crippen molar-refractivity contribution < 1.29 is 14.6 Å². The van der Waals surface area contributed by atoms with Gasteiger partial charge in [-0.25, -0.2) is 9.78 Å². The van der Waals surface area contributed by atoms with Gasteiger partial charge in [0.25, 0.3) is 0 Å². The van der Waals surface area contributed by atoms with Gasteiger partial charge in [-0.2, -0.15) is 0 Å². The van der Waals surface area contributed by atoms with E-state index in [1.165, 1.54) is 18.3 Å². The molecule has 1 N–H and O–H groups in total. The highest BCUT2D eigenvalue weighted by Crippen LogP contribution is 2.09. The maximum atomic E-state index is 10.4. The fourth-order valence-corrected chi connectivity index (χ4v) is 0.789. The van der Waals surface area contributed by atoms with Gasteiger partial charge in [-0.15, -0.1) is 0 Å². The van der Waals surface area contributed by atoms with Gasteiger partial charge in [0, 0.05) is 12.3 Å². The van der Waals surface area contributed by atoms with Gasteiger partial charge >= 0.3 is 5.97 Å². The minimum Gasteiger partial charge on any atom is -0.478 e. The highest BCUT2D eigenvalue weighted by atomic mass is 35.5. The largest absolute Gasteiger partial charge is 0.478 e. The standard InChI is InChI=1S/C7H6ClNO3/c8-4-12-6-3-5(7(10)11)1-2-9-6/h1-3H,4H2,(H,10,11). The molecule has 0 aromatic carbocycles. The van der Waals surface area contributed by atoms with Crippen molar-refractivity contribution in [3.63, 3.8) is 0 Å². The molecule has 0 saturated carbocycles. The molecule has 1 aromatic heterocycles. The van der Waals surface area contributed by atoms with E-state index < -0.39 is 5.97 Å². The summed E-state index contributed by atoms with van der Waals surface area (Å²) < 4.78 is 4.79.